The van der Waals surface area contributed by atoms with Gasteiger partial charge in [-0.3, -0.25) is 4.55 Å². The third-order valence-corrected chi connectivity index (χ3v) is 3.42. The smallest absolute Gasteiger partial charge is 0.265 e. The first-order valence-corrected chi connectivity index (χ1v) is 6.13. The molecule has 1 rings (SSSR count). The van der Waals surface area contributed by atoms with E-state index in [-0.39, 0.29) is 17.6 Å². The van der Waals surface area contributed by atoms with Gasteiger partial charge in [-0.1, -0.05) is 6.92 Å². The van der Waals surface area contributed by atoms with Crippen molar-refractivity contribution in [3.63, 3.8) is 0 Å². The van der Waals surface area contributed by atoms with Gasteiger partial charge in [0.05, 0.1) is 5.75 Å². The maximum absolute atomic E-state index is 10.6. The maximum Gasteiger partial charge on any atom is 0.265 e. The lowest BCUT2D eigenvalue weighted by atomic mass is 9.91. The Kier molecular flexibility index (Phi) is 3.70. The normalized spacial score (nSPS) is 27.1. The van der Waals surface area contributed by atoms with E-state index in [9.17, 15) is 8.42 Å². The van der Waals surface area contributed by atoms with E-state index in [1.165, 1.54) is 0 Å². The van der Waals surface area contributed by atoms with Crippen LogP contribution < -0.4 is 0 Å². The molecular weight excluding hydrogens is 192 g/mol. The molecule has 78 valence electrons. The predicted octanol–water partition coefficient (Wildman–Crippen LogP) is 0.937. The Morgan fingerprint density at radius 1 is 1.62 bits per heavy atom. The average Bonchev–Trinajstić information content (AvgIpc) is 2.03. The Morgan fingerprint density at radius 2 is 2.31 bits per heavy atom. The summed E-state index contributed by atoms with van der Waals surface area (Å²) in [6, 6.07) is 0. The van der Waals surface area contributed by atoms with Gasteiger partial charge in [0.1, 0.15) is 0 Å². The van der Waals surface area contributed by atoms with Crippen molar-refractivity contribution in [1.82, 2.24) is 0 Å². The van der Waals surface area contributed by atoms with Crippen LogP contribution in [0.25, 0.3) is 0 Å². The van der Waals surface area contributed by atoms with Crippen LogP contribution in [-0.2, 0) is 14.9 Å². The number of ether oxygens (including phenoxy) is 1. The zero-order valence-electron chi connectivity index (χ0n) is 7.77. The summed E-state index contributed by atoms with van der Waals surface area (Å²) in [5.41, 5.74) is 0. The van der Waals surface area contributed by atoms with Gasteiger partial charge in [0.25, 0.3) is 10.1 Å². The van der Waals surface area contributed by atoms with E-state index in [0.29, 0.717) is 6.61 Å². The standard InChI is InChI=1S/C8H16O4S/c1-7(6-13(9,10)11)8-3-2-4-12-5-8/h7-8H,2-6H2,1H3,(H,9,10,11). The average molecular weight is 208 g/mol. The van der Waals surface area contributed by atoms with Crippen molar-refractivity contribution in [1.29, 1.82) is 0 Å². The fraction of sp³-hybridized carbons (Fsp3) is 1.00. The Balaban J connectivity index is 2.42. The molecule has 0 aliphatic carbocycles. The van der Waals surface area contributed by atoms with Crippen molar-refractivity contribution in [3.05, 3.63) is 0 Å². The van der Waals surface area contributed by atoms with Crippen molar-refractivity contribution in [2.24, 2.45) is 11.8 Å². The van der Waals surface area contributed by atoms with Crippen molar-refractivity contribution in [2.45, 2.75) is 19.8 Å². The van der Waals surface area contributed by atoms with Gasteiger partial charge in [0.2, 0.25) is 0 Å². The first-order valence-electron chi connectivity index (χ1n) is 4.52. The van der Waals surface area contributed by atoms with Gasteiger partial charge < -0.3 is 4.74 Å². The summed E-state index contributed by atoms with van der Waals surface area (Å²) in [4.78, 5) is 0. The third kappa shape index (κ3) is 4.06. The fourth-order valence-corrected chi connectivity index (χ4v) is 2.62. The second kappa shape index (κ2) is 4.39. The molecule has 0 amide bonds. The lowest BCUT2D eigenvalue weighted by molar-refractivity contribution is 0.0376. The van der Waals surface area contributed by atoms with E-state index in [2.05, 4.69) is 0 Å². The largest absolute Gasteiger partial charge is 0.381 e. The van der Waals surface area contributed by atoms with Crippen LogP contribution in [0.5, 0.6) is 0 Å². The molecule has 0 saturated carbocycles. The van der Waals surface area contributed by atoms with Gasteiger partial charge in [-0.05, 0) is 24.7 Å². The van der Waals surface area contributed by atoms with Gasteiger partial charge in [-0.25, -0.2) is 0 Å². The van der Waals surface area contributed by atoms with Crippen molar-refractivity contribution in [2.75, 3.05) is 19.0 Å². The van der Waals surface area contributed by atoms with E-state index in [1.807, 2.05) is 6.92 Å². The molecule has 1 N–H and O–H groups in total. The number of hydrogen-bond donors (Lipinski definition) is 1. The molecule has 5 heteroatoms. The number of hydrogen-bond acceptors (Lipinski definition) is 3. The first-order chi connectivity index (χ1) is 5.99. The first kappa shape index (κ1) is 10.9. The summed E-state index contributed by atoms with van der Waals surface area (Å²) < 4.78 is 35.1. The molecule has 13 heavy (non-hydrogen) atoms. The highest BCUT2D eigenvalue weighted by Crippen LogP contribution is 2.22. The van der Waals surface area contributed by atoms with Gasteiger partial charge in [0.15, 0.2) is 0 Å². The highest BCUT2D eigenvalue weighted by Gasteiger charge is 2.24. The molecule has 1 aliphatic heterocycles. The molecule has 0 spiro atoms. The maximum atomic E-state index is 10.6. The van der Waals surface area contributed by atoms with Gasteiger partial charge in [-0.15, -0.1) is 0 Å². The molecule has 1 heterocycles. The van der Waals surface area contributed by atoms with E-state index in [4.69, 9.17) is 9.29 Å². The SMILES string of the molecule is CC(CS(=O)(=O)O)C1CCCOC1. The summed E-state index contributed by atoms with van der Waals surface area (Å²) in [7, 11) is -3.83. The van der Waals surface area contributed by atoms with Crippen molar-refractivity contribution >= 4 is 10.1 Å². The molecule has 1 aliphatic rings. The molecule has 0 aromatic heterocycles. The monoisotopic (exact) mass is 208 g/mol. The molecular formula is C8H16O4S. The Bertz CT molecular complexity index is 241. The second-order valence-corrected chi connectivity index (χ2v) is 5.20. The molecule has 2 atom stereocenters. The van der Waals surface area contributed by atoms with Crippen LogP contribution in [0.1, 0.15) is 19.8 Å². The molecule has 0 aromatic rings. The molecule has 2 unspecified atom stereocenters. The molecule has 4 nitrogen and oxygen atoms in total. The van der Waals surface area contributed by atoms with Gasteiger partial charge in [-0.2, -0.15) is 8.42 Å². The summed E-state index contributed by atoms with van der Waals surface area (Å²) in [5.74, 6) is 0.104. The Labute approximate surface area is 79.0 Å². The fourth-order valence-electron chi connectivity index (χ4n) is 1.68. The van der Waals surface area contributed by atoms with Crippen LogP contribution in [-0.4, -0.2) is 31.9 Å². The molecule has 1 saturated heterocycles. The summed E-state index contributed by atoms with van der Waals surface area (Å²) in [5, 5.41) is 0. The van der Waals surface area contributed by atoms with Crippen LogP contribution in [0, 0.1) is 11.8 Å². The molecule has 0 bridgehead atoms. The highest BCUT2D eigenvalue weighted by atomic mass is 32.2. The van der Waals surface area contributed by atoms with E-state index >= 15 is 0 Å². The summed E-state index contributed by atoms with van der Waals surface area (Å²) in [6.45, 7) is 3.24. The van der Waals surface area contributed by atoms with E-state index in [0.717, 1.165) is 19.4 Å². The predicted molar refractivity (Wildman–Crippen MR) is 49.1 cm³/mol. The minimum absolute atomic E-state index is 0.0182. The minimum atomic E-state index is -3.83. The van der Waals surface area contributed by atoms with E-state index < -0.39 is 10.1 Å². The van der Waals surface area contributed by atoms with Crippen LogP contribution in [0.3, 0.4) is 0 Å². The van der Waals surface area contributed by atoms with Crippen LogP contribution in [0.2, 0.25) is 0 Å². The number of rotatable bonds is 3. The zero-order valence-corrected chi connectivity index (χ0v) is 8.59. The minimum Gasteiger partial charge on any atom is -0.381 e. The van der Waals surface area contributed by atoms with E-state index in [1.54, 1.807) is 0 Å². The summed E-state index contributed by atoms with van der Waals surface area (Å²) in [6.07, 6.45) is 1.98. The quantitative estimate of drug-likeness (QED) is 0.701. The van der Waals surface area contributed by atoms with Crippen LogP contribution in [0.15, 0.2) is 0 Å². The zero-order chi connectivity index (χ0) is 9.90. The third-order valence-electron chi connectivity index (χ3n) is 2.47. The van der Waals surface area contributed by atoms with Crippen molar-refractivity contribution < 1.29 is 17.7 Å². The van der Waals surface area contributed by atoms with Gasteiger partial charge >= 0.3 is 0 Å². The molecule has 0 aromatic carbocycles. The summed E-state index contributed by atoms with van der Waals surface area (Å²) >= 11 is 0. The lowest BCUT2D eigenvalue weighted by Gasteiger charge is -2.26. The van der Waals surface area contributed by atoms with Crippen LogP contribution >= 0.6 is 0 Å². The Hall–Kier alpha value is -0.130. The molecule has 0 radical (unpaired) electrons. The lowest BCUT2D eigenvalue weighted by Crippen LogP contribution is -2.28. The highest BCUT2D eigenvalue weighted by molar-refractivity contribution is 7.85. The van der Waals surface area contributed by atoms with Crippen molar-refractivity contribution in [3.8, 4) is 0 Å². The van der Waals surface area contributed by atoms with Crippen LogP contribution in [0.4, 0.5) is 0 Å². The van der Waals surface area contributed by atoms with Gasteiger partial charge in [0, 0.05) is 13.2 Å². The Morgan fingerprint density at radius 3 is 2.77 bits per heavy atom. The topological polar surface area (TPSA) is 63.6 Å². The second-order valence-electron chi connectivity index (χ2n) is 3.70. The molecule has 1 fully saturated rings.